The molecule has 2 saturated heterocycles. The van der Waals surface area contributed by atoms with Gasteiger partial charge in [-0.1, -0.05) is 71.2 Å². The Morgan fingerprint density at radius 2 is 0.946 bits per heavy atom. The van der Waals surface area contributed by atoms with E-state index in [0.29, 0.717) is 11.8 Å². The number of carbonyl (C=O) groups excluding carboxylic acids is 2. The molecule has 0 bridgehead atoms. The quantitative estimate of drug-likeness (QED) is 0.375. The third-order valence-electron chi connectivity index (χ3n) is 8.68. The molecule has 37 heavy (non-hydrogen) atoms. The van der Waals surface area contributed by atoms with Crippen LogP contribution in [0, 0.1) is 11.8 Å². The van der Waals surface area contributed by atoms with Gasteiger partial charge < -0.3 is 9.80 Å². The van der Waals surface area contributed by atoms with Gasteiger partial charge in [-0.15, -0.1) is 0 Å². The lowest BCUT2D eigenvalue weighted by molar-refractivity contribution is 0.0680. The molecular formula is C33H46N2O2. The van der Waals surface area contributed by atoms with E-state index in [2.05, 4.69) is 52.0 Å². The van der Waals surface area contributed by atoms with E-state index < -0.39 is 0 Å². The molecule has 4 nitrogen and oxygen atoms in total. The molecule has 2 fully saturated rings. The summed E-state index contributed by atoms with van der Waals surface area (Å²) in [4.78, 5) is 29.9. The molecule has 0 N–H and O–H groups in total. The fourth-order valence-electron chi connectivity index (χ4n) is 5.93. The SMILES string of the molecule is CC(C)c1ccc(C(=O)N2CCC(CCCC3CCN(C(=O)c4ccc(C(C)C)cc4)CC3)CC2)cc1. The number of hydrogen-bond donors (Lipinski definition) is 0. The second-order valence-electron chi connectivity index (χ2n) is 12.0. The van der Waals surface area contributed by atoms with Crippen molar-refractivity contribution in [2.24, 2.45) is 11.8 Å². The van der Waals surface area contributed by atoms with Crippen molar-refractivity contribution in [3.8, 4) is 0 Å². The van der Waals surface area contributed by atoms with Crippen LogP contribution in [0.25, 0.3) is 0 Å². The van der Waals surface area contributed by atoms with E-state index in [1.165, 1.54) is 30.4 Å². The van der Waals surface area contributed by atoms with Crippen molar-refractivity contribution < 1.29 is 9.59 Å². The van der Waals surface area contributed by atoms with Crippen LogP contribution in [0.1, 0.15) is 116 Å². The van der Waals surface area contributed by atoms with Gasteiger partial charge in [0.05, 0.1) is 0 Å². The number of amides is 2. The average Bonchev–Trinajstić information content (AvgIpc) is 2.93. The minimum atomic E-state index is 0.186. The minimum Gasteiger partial charge on any atom is -0.339 e. The summed E-state index contributed by atoms with van der Waals surface area (Å²) in [5.41, 5.74) is 4.20. The van der Waals surface area contributed by atoms with Gasteiger partial charge in [-0.2, -0.15) is 0 Å². The molecule has 4 rings (SSSR count). The average molecular weight is 503 g/mol. The Hall–Kier alpha value is -2.62. The van der Waals surface area contributed by atoms with Crippen LogP contribution in [0.5, 0.6) is 0 Å². The Labute approximate surface area is 224 Å². The molecule has 200 valence electrons. The van der Waals surface area contributed by atoms with Crippen molar-refractivity contribution in [3.05, 3.63) is 70.8 Å². The summed E-state index contributed by atoms with van der Waals surface area (Å²) in [7, 11) is 0. The second kappa shape index (κ2) is 12.8. The maximum absolute atomic E-state index is 12.9. The number of likely N-dealkylation sites (tertiary alicyclic amines) is 2. The van der Waals surface area contributed by atoms with E-state index in [1.54, 1.807) is 0 Å². The lowest BCUT2D eigenvalue weighted by Gasteiger charge is -2.34. The van der Waals surface area contributed by atoms with Crippen LogP contribution in [0.2, 0.25) is 0 Å². The zero-order chi connectivity index (χ0) is 26.4. The molecule has 0 aliphatic carbocycles. The van der Waals surface area contributed by atoms with Crippen LogP contribution in [-0.4, -0.2) is 47.8 Å². The normalized spacial score (nSPS) is 17.6. The van der Waals surface area contributed by atoms with Gasteiger partial charge >= 0.3 is 0 Å². The number of rotatable bonds is 8. The summed E-state index contributed by atoms with van der Waals surface area (Å²) < 4.78 is 0. The third-order valence-corrected chi connectivity index (χ3v) is 8.68. The summed E-state index contributed by atoms with van der Waals surface area (Å²) in [6.45, 7) is 12.3. The lowest BCUT2D eigenvalue weighted by atomic mass is 9.86. The predicted octanol–water partition coefficient (Wildman–Crippen LogP) is 7.51. The predicted molar refractivity (Wildman–Crippen MR) is 152 cm³/mol. The van der Waals surface area contributed by atoms with Crippen molar-refractivity contribution in [1.29, 1.82) is 0 Å². The molecule has 0 radical (unpaired) electrons. The first-order chi connectivity index (χ1) is 17.8. The van der Waals surface area contributed by atoms with Crippen molar-refractivity contribution in [3.63, 3.8) is 0 Å². The number of hydrogen-bond acceptors (Lipinski definition) is 2. The molecule has 2 aromatic carbocycles. The molecule has 2 aliphatic heterocycles. The lowest BCUT2D eigenvalue weighted by Crippen LogP contribution is -2.39. The summed E-state index contributed by atoms with van der Waals surface area (Å²) >= 11 is 0. The van der Waals surface area contributed by atoms with Crippen molar-refractivity contribution in [2.45, 2.75) is 84.5 Å². The van der Waals surface area contributed by atoms with Crippen LogP contribution < -0.4 is 0 Å². The summed E-state index contributed by atoms with van der Waals surface area (Å²) in [5.74, 6) is 2.83. The molecule has 4 heteroatoms. The number of benzene rings is 2. The van der Waals surface area contributed by atoms with Crippen LogP contribution in [0.3, 0.4) is 0 Å². The maximum atomic E-state index is 12.9. The van der Waals surface area contributed by atoms with Crippen molar-refractivity contribution in [2.75, 3.05) is 26.2 Å². The van der Waals surface area contributed by atoms with Gasteiger partial charge in [-0.25, -0.2) is 0 Å². The molecular weight excluding hydrogens is 456 g/mol. The van der Waals surface area contributed by atoms with Gasteiger partial charge in [0.2, 0.25) is 0 Å². The molecule has 0 saturated carbocycles. The summed E-state index contributed by atoms with van der Waals surface area (Å²) in [6.07, 6.45) is 8.30. The van der Waals surface area contributed by atoms with Gasteiger partial charge in [-0.05, 0) is 84.7 Å². The fraction of sp³-hybridized carbons (Fsp3) is 0.576. The highest BCUT2D eigenvalue weighted by atomic mass is 16.2. The van der Waals surface area contributed by atoms with Crippen LogP contribution in [-0.2, 0) is 0 Å². The van der Waals surface area contributed by atoms with E-state index in [0.717, 1.165) is 74.8 Å². The highest BCUT2D eigenvalue weighted by Crippen LogP contribution is 2.28. The van der Waals surface area contributed by atoms with E-state index in [9.17, 15) is 9.59 Å². The Balaban J connectivity index is 1.13. The molecule has 0 spiro atoms. The molecule has 2 aromatic rings. The fourth-order valence-corrected chi connectivity index (χ4v) is 5.93. The smallest absolute Gasteiger partial charge is 0.253 e. The van der Waals surface area contributed by atoms with Gasteiger partial charge in [0.25, 0.3) is 11.8 Å². The third kappa shape index (κ3) is 7.24. The van der Waals surface area contributed by atoms with Gasteiger partial charge in [0.15, 0.2) is 0 Å². The monoisotopic (exact) mass is 502 g/mol. The zero-order valence-electron chi connectivity index (χ0n) is 23.4. The molecule has 2 amide bonds. The highest BCUT2D eigenvalue weighted by molar-refractivity contribution is 5.94. The maximum Gasteiger partial charge on any atom is 0.253 e. The first kappa shape index (κ1) is 27.4. The van der Waals surface area contributed by atoms with Crippen LogP contribution in [0.15, 0.2) is 48.5 Å². The van der Waals surface area contributed by atoms with E-state index >= 15 is 0 Å². The topological polar surface area (TPSA) is 40.6 Å². The minimum absolute atomic E-state index is 0.186. The van der Waals surface area contributed by atoms with Gasteiger partial charge in [0.1, 0.15) is 0 Å². The Morgan fingerprint density at radius 3 is 1.24 bits per heavy atom. The van der Waals surface area contributed by atoms with Crippen molar-refractivity contribution in [1.82, 2.24) is 9.80 Å². The largest absolute Gasteiger partial charge is 0.339 e. The Kier molecular flexibility index (Phi) is 9.45. The summed E-state index contributed by atoms with van der Waals surface area (Å²) in [5, 5.41) is 0. The molecule has 0 unspecified atom stereocenters. The van der Waals surface area contributed by atoms with Gasteiger partial charge in [-0.3, -0.25) is 9.59 Å². The molecule has 0 aromatic heterocycles. The van der Waals surface area contributed by atoms with Crippen molar-refractivity contribution >= 4 is 11.8 Å². The van der Waals surface area contributed by atoms with E-state index in [1.807, 2.05) is 34.1 Å². The van der Waals surface area contributed by atoms with Crippen LogP contribution in [0.4, 0.5) is 0 Å². The second-order valence-corrected chi connectivity index (χ2v) is 12.0. The molecule has 2 heterocycles. The van der Waals surface area contributed by atoms with Crippen LogP contribution >= 0.6 is 0 Å². The number of piperidine rings is 2. The molecule has 2 aliphatic rings. The summed E-state index contributed by atoms with van der Waals surface area (Å²) in [6, 6.07) is 16.3. The number of carbonyl (C=O) groups is 2. The zero-order valence-corrected chi connectivity index (χ0v) is 23.4. The number of nitrogens with zero attached hydrogens (tertiary/aromatic N) is 2. The Morgan fingerprint density at radius 1 is 0.622 bits per heavy atom. The molecule has 0 atom stereocenters. The Bertz CT molecular complexity index is 926. The van der Waals surface area contributed by atoms with Gasteiger partial charge in [0, 0.05) is 37.3 Å². The van der Waals surface area contributed by atoms with E-state index in [-0.39, 0.29) is 11.8 Å². The first-order valence-corrected chi connectivity index (χ1v) is 14.6. The first-order valence-electron chi connectivity index (χ1n) is 14.6. The highest BCUT2D eigenvalue weighted by Gasteiger charge is 2.26. The van der Waals surface area contributed by atoms with E-state index in [4.69, 9.17) is 0 Å². The standard InChI is InChI=1S/C33H46N2O2/c1-24(2)28-8-12-30(13-9-28)32(36)34-20-16-26(17-21-34)6-5-7-27-18-22-35(23-19-27)33(37)31-14-10-29(11-15-31)25(3)4/h8-15,24-27H,5-7,16-23H2,1-4H3.